The van der Waals surface area contributed by atoms with Crippen LogP contribution < -0.4 is 4.90 Å². The van der Waals surface area contributed by atoms with Gasteiger partial charge in [0.2, 0.25) is 0 Å². The zero-order valence-corrected chi connectivity index (χ0v) is 26.1. The number of nitrogens with zero attached hydrogens (tertiary/aromatic N) is 1. The van der Waals surface area contributed by atoms with Crippen LogP contribution in [0.1, 0.15) is 25.0 Å². The van der Waals surface area contributed by atoms with Crippen LogP contribution in [0, 0.1) is 0 Å². The van der Waals surface area contributed by atoms with Crippen LogP contribution >= 0.6 is 11.3 Å². The van der Waals surface area contributed by atoms with Crippen molar-refractivity contribution in [1.29, 1.82) is 0 Å². The number of anilines is 3. The smallest absolute Gasteiger partial charge is 0.0540 e. The summed E-state index contributed by atoms with van der Waals surface area (Å²) in [6, 6.07) is 55.9. The molecular formula is C43H31NS. The first-order chi connectivity index (χ1) is 22.1. The Balaban J connectivity index is 1.28. The maximum atomic E-state index is 2.45. The Morgan fingerprint density at radius 1 is 0.467 bits per heavy atom. The Bertz CT molecular complexity index is 2410. The molecule has 0 saturated carbocycles. The standard InChI is InChI=1S/C43H31NS/c1-43(2)38-17-9-6-15-34(38)36-27-32(22-23-39(36)43)44(40-18-10-7-14-33(40)28-12-4-3-5-13-28)31-21-20-29-25-37-35-16-8-11-19-41(35)45-42(37)26-30(29)24-31/h3-27H,1-2H3. The van der Waals surface area contributed by atoms with Crippen molar-refractivity contribution in [2.45, 2.75) is 19.3 Å². The third kappa shape index (κ3) is 4.06. The van der Waals surface area contributed by atoms with E-state index in [0.717, 1.165) is 17.1 Å². The lowest BCUT2D eigenvalue weighted by Crippen LogP contribution is -2.15. The molecule has 7 aromatic carbocycles. The lowest BCUT2D eigenvalue weighted by molar-refractivity contribution is 0.660. The second-order valence-corrected chi connectivity index (χ2v) is 13.7. The first-order valence-corrected chi connectivity index (χ1v) is 16.4. The molecule has 45 heavy (non-hydrogen) atoms. The van der Waals surface area contributed by atoms with Crippen LogP contribution in [-0.4, -0.2) is 0 Å². The summed E-state index contributed by atoms with van der Waals surface area (Å²) in [4.78, 5) is 2.45. The van der Waals surface area contributed by atoms with E-state index in [2.05, 4.69) is 170 Å². The Labute approximate surface area is 267 Å². The minimum absolute atomic E-state index is 0.0319. The highest BCUT2D eigenvalue weighted by Crippen LogP contribution is 2.51. The molecule has 0 saturated heterocycles. The Morgan fingerprint density at radius 3 is 2.04 bits per heavy atom. The molecule has 1 aromatic heterocycles. The van der Waals surface area contributed by atoms with Gasteiger partial charge in [-0.1, -0.05) is 117 Å². The highest BCUT2D eigenvalue weighted by atomic mass is 32.1. The minimum atomic E-state index is -0.0319. The quantitative estimate of drug-likeness (QED) is 0.196. The van der Waals surface area contributed by atoms with Crippen LogP contribution in [0.5, 0.6) is 0 Å². The second kappa shape index (κ2) is 9.92. The maximum Gasteiger partial charge on any atom is 0.0540 e. The summed E-state index contributed by atoms with van der Waals surface area (Å²) in [5.74, 6) is 0. The lowest BCUT2D eigenvalue weighted by Gasteiger charge is -2.29. The number of thiophene rings is 1. The fourth-order valence-corrected chi connectivity index (χ4v) is 8.54. The van der Waals surface area contributed by atoms with Gasteiger partial charge in [0.15, 0.2) is 0 Å². The molecule has 1 aliphatic rings. The van der Waals surface area contributed by atoms with Crippen molar-refractivity contribution in [2.75, 3.05) is 4.90 Å². The summed E-state index contributed by atoms with van der Waals surface area (Å²) in [6.45, 7) is 4.69. The van der Waals surface area contributed by atoms with Crippen LogP contribution in [0.3, 0.4) is 0 Å². The topological polar surface area (TPSA) is 3.24 Å². The van der Waals surface area contributed by atoms with Gasteiger partial charge in [-0.25, -0.2) is 0 Å². The van der Waals surface area contributed by atoms with Gasteiger partial charge in [0.1, 0.15) is 0 Å². The molecule has 8 aromatic rings. The summed E-state index contributed by atoms with van der Waals surface area (Å²) < 4.78 is 2.66. The largest absolute Gasteiger partial charge is 0.310 e. The molecule has 0 fully saturated rings. The minimum Gasteiger partial charge on any atom is -0.310 e. The van der Waals surface area contributed by atoms with Gasteiger partial charge < -0.3 is 4.90 Å². The van der Waals surface area contributed by atoms with E-state index < -0.39 is 0 Å². The van der Waals surface area contributed by atoms with E-state index in [9.17, 15) is 0 Å². The molecular weight excluding hydrogens is 563 g/mol. The molecule has 0 unspecified atom stereocenters. The van der Waals surface area contributed by atoms with Crippen LogP contribution in [0.15, 0.2) is 152 Å². The normalized spacial score (nSPS) is 13.3. The van der Waals surface area contributed by atoms with Crippen LogP contribution in [0.25, 0.3) is 53.2 Å². The molecule has 9 rings (SSSR count). The summed E-state index contributed by atoms with van der Waals surface area (Å²) in [5.41, 5.74) is 11.3. The van der Waals surface area contributed by atoms with E-state index in [4.69, 9.17) is 0 Å². The number of para-hydroxylation sites is 1. The maximum absolute atomic E-state index is 2.45. The van der Waals surface area contributed by atoms with Crippen molar-refractivity contribution >= 4 is 59.3 Å². The van der Waals surface area contributed by atoms with Crippen molar-refractivity contribution in [3.63, 3.8) is 0 Å². The molecule has 1 aliphatic carbocycles. The van der Waals surface area contributed by atoms with Crippen molar-refractivity contribution in [2.24, 2.45) is 0 Å². The first kappa shape index (κ1) is 26.2. The average Bonchev–Trinajstić information content (AvgIpc) is 3.55. The van der Waals surface area contributed by atoms with Crippen molar-refractivity contribution in [3.8, 4) is 22.3 Å². The van der Waals surface area contributed by atoms with Gasteiger partial charge in [0, 0.05) is 42.5 Å². The van der Waals surface area contributed by atoms with Crippen LogP contribution in [-0.2, 0) is 5.41 Å². The fourth-order valence-electron chi connectivity index (χ4n) is 7.40. The zero-order chi connectivity index (χ0) is 30.1. The molecule has 0 spiro atoms. The molecule has 0 radical (unpaired) electrons. The first-order valence-electron chi connectivity index (χ1n) is 15.6. The van der Waals surface area contributed by atoms with E-state index in [-0.39, 0.29) is 5.41 Å². The van der Waals surface area contributed by atoms with Crippen molar-refractivity contribution in [3.05, 3.63) is 163 Å². The highest BCUT2D eigenvalue weighted by Gasteiger charge is 2.35. The lowest BCUT2D eigenvalue weighted by atomic mass is 9.82. The van der Waals surface area contributed by atoms with Gasteiger partial charge in [0.25, 0.3) is 0 Å². The van der Waals surface area contributed by atoms with Crippen LogP contribution in [0.2, 0.25) is 0 Å². The third-order valence-electron chi connectivity index (χ3n) is 9.63. The average molecular weight is 594 g/mol. The summed E-state index contributed by atoms with van der Waals surface area (Å²) in [7, 11) is 0. The molecule has 0 aliphatic heterocycles. The monoisotopic (exact) mass is 593 g/mol. The number of hydrogen-bond donors (Lipinski definition) is 0. The van der Waals surface area contributed by atoms with Crippen molar-refractivity contribution in [1.82, 2.24) is 0 Å². The fraction of sp³-hybridized carbons (Fsp3) is 0.0698. The Hall–Kier alpha value is -5.18. The van der Waals surface area contributed by atoms with E-state index in [1.165, 1.54) is 64.3 Å². The molecule has 0 N–H and O–H groups in total. The van der Waals surface area contributed by atoms with Crippen LogP contribution in [0.4, 0.5) is 17.1 Å². The zero-order valence-electron chi connectivity index (χ0n) is 25.3. The van der Waals surface area contributed by atoms with Gasteiger partial charge >= 0.3 is 0 Å². The molecule has 0 atom stereocenters. The second-order valence-electron chi connectivity index (χ2n) is 12.6. The van der Waals surface area contributed by atoms with E-state index in [1.54, 1.807) is 0 Å². The van der Waals surface area contributed by atoms with Gasteiger partial charge in [-0.15, -0.1) is 11.3 Å². The van der Waals surface area contributed by atoms with Gasteiger partial charge in [-0.05, 0) is 87.1 Å². The molecule has 2 heteroatoms. The molecule has 1 nitrogen and oxygen atoms in total. The molecule has 0 amide bonds. The molecule has 0 bridgehead atoms. The number of hydrogen-bond acceptors (Lipinski definition) is 2. The third-order valence-corrected chi connectivity index (χ3v) is 10.8. The van der Waals surface area contributed by atoms with Gasteiger partial charge in [0.05, 0.1) is 5.69 Å². The predicted octanol–water partition coefficient (Wildman–Crippen LogP) is 12.7. The highest BCUT2D eigenvalue weighted by molar-refractivity contribution is 7.25. The molecule has 1 heterocycles. The SMILES string of the molecule is CC1(C)c2ccccc2-c2cc(N(c3ccc4cc5c(cc4c3)sc3ccccc35)c3ccccc3-c3ccccc3)ccc21. The summed E-state index contributed by atoms with van der Waals surface area (Å²) in [5, 5.41) is 5.18. The summed E-state index contributed by atoms with van der Waals surface area (Å²) >= 11 is 1.88. The van der Waals surface area contributed by atoms with Gasteiger partial charge in [-0.3, -0.25) is 0 Å². The van der Waals surface area contributed by atoms with Crippen molar-refractivity contribution < 1.29 is 0 Å². The molecule has 214 valence electrons. The number of benzene rings is 7. The van der Waals surface area contributed by atoms with Gasteiger partial charge in [-0.2, -0.15) is 0 Å². The van der Waals surface area contributed by atoms with E-state index in [0.29, 0.717) is 0 Å². The Kier molecular flexibility index (Phi) is 5.78. The summed E-state index contributed by atoms with van der Waals surface area (Å²) in [6.07, 6.45) is 0. The van der Waals surface area contributed by atoms with E-state index in [1.807, 2.05) is 11.3 Å². The predicted molar refractivity (Wildman–Crippen MR) is 195 cm³/mol. The van der Waals surface area contributed by atoms with E-state index >= 15 is 0 Å². The Morgan fingerprint density at radius 2 is 1.16 bits per heavy atom. The number of fused-ring (bicyclic) bond motifs is 7. The number of rotatable bonds is 4.